The van der Waals surface area contributed by atoms with Crippen LogP contribution in [0.15, 0.2) is 0 Å². The minimum Gasteiger partial charge on any atom is -0.179 e. The Labute approximate surface area is 99.3 Å². The van der Waals surface area contributed by atoms with Gasteiger partial charge in [-0.25, -0.2) is 0 Å². The minimum atomic E-state index is 0.586. The molecule has 14 heavy (non-hydrogen) atoms. The summed E-state index contributed by atoms with van der Waals surface area (Å²) in [6.07, 6.45) is 3.77. The second-order valence-electron chi connectivity index (χ2n) is 4.86. The highest BCUT2D eigenvalue weighted by Gasteiger charge is 2.44. The van der Waals surface area contributed by atoms with Crippen LogP contribution in [0.1, 0.15) is 40.0 Å². The zero-order valence-corrected chi connectivity index (χ0v) is 11.2. The van der Waals surface area contributed by atoms with Crippen molar-refractivity contribution in [1.82, 2.24) is 0 Å². The fourth-order valence-electron chi connectivity index (χ4n) is 2.34. The van der Waals surface area contributed by atoms with Gasteiger partial charge in [-0.05, 0) is 53.6 Å². The van der Waals surface area contributed by atoms with Gasteiger partial charge in [0, 0.05) is 0 Å². The Morgan fingerprint density at radius 2 is 1.86 bits per heavy atom. The van der Waals surface area contributed by atoms with Crippen molar-refractivity contribution in [2.24, 2.45) is 23.7 Å². The first-order chi connectivity index (χ1) is 6.57. The van der Waals surface area contributed by atoms with Crippen LogP contribution in [0.5, 0.6) is 0 Å². The van der Waals surface area contributed by atoms with E-state index in [2.05, 4.69) is 33.4 Å². The second-order valence-corrected chi connectivity index (χ2v) is 5.83. The quantitative estimate of drug-likeness (QED) is 0.532. The molecule has 0 aromatic rings. The van der Waals surface area contributed by atoms with Crippen molar-refractivity contribution in [2.45, 2.75) is 40.0 Å². The Balaban J connectivity index is 2.18. The summed E-state index contributed by atoms with van der Waals surface area (Å²) in [7, 11) is 0. The summed E-state index contributed by atoms with van der Waals surface area (Å²) in [5.41, 5.74) is 0. The van der Waals surface area contributed by atoms with Crippen LogP contribution in [0.2, 0.25) is 0 Å². The van der Waals surface area contributed by atoms with E-state index in [4.69, 9.17) is 12.2 Å². The molecule has 2 heteroatoms. The van der Waals surface area contributed by atoms with Crippen LogP contribution in [-0.4, -0.2) is 10.6 Å². The Kier molecular flexibility index (Phi) is 4.92. The molecule has 0 heterocycles. The molecular weight excluding hydrogens is 208 g/mol. The van der Waals surface area contributed by atoms with Crippen molar-refractivity contribution in [3.05, 3.63) is 0 Å². The fourth-order valence-corrected chi connectivity index (χ4v) is 2.75. The van der Waals surface area contributed by atoms with Crippen LogP contribution in [0, 0.1) is 23.7 Å². The van der Waals surface area contributed by atoms with Crippen molar-refractivity contribution in [2.75, 3.05) is 5.75 Å². The van der Waals surface area contributed by atoms with E-state index >= 15 is 0 Å². The van der Waals surface area contributed by atoms with Gasteiger partial charge in [0.15, 0.2) is 0 Å². The SMILES string of the molecule is CC(C)C(=S)CCC1C(C)C1CCS. The maximum atomic E-state index is 5.35. The van der Waals surface area contributed by atoms with E-state index in [1.807, 2.05) is 0 Å². The summed E-state index contributed by atoms with van der Waals surface area (Å²) in [5, 5.41) is 0. The lowest BCUT2D eigenvalue weighted by Gasteiger charge is -2.06. The summed E-state index contributed by atoms with van der Waals surface area (Å²) >= 11 is 9.65. The molecule has 0 aromatic heterocycles. The first-order valence-electron chi connectivity index (χ1n) is 5.71. The van der Waals surface area contributed by atoms with E-state index in [9.17, 15) is 0 Å². The average molecular weight is 230 g/mol. The van der Waals surface area contributed by atoms with Gasteiger partial charge >= 0.3 is 0 Å². The van der Waals surface area contributed by atoms with E-state index in [0.717, 1.165) is 29.9 Å². The normalized spacial score (nSPS) is 30.8. The zero-order valence-electron chi connectivity index (χ0n) is 9.49. The second kappa shape index (κ2) is 5.50. The summed E-state index contributed by atoms with van der Waals surface area (Å²) in [4.78, 5) is 1.26. The van der Waals surface area contributed by atoms with Crippen molar-refractivity contribution < 1.29 is 0 Å². The van der Waals surface area contributed by atoms with Crippen LogP contribution in [-0.2, 0) is 0 Å². The predicted octanol–water partition coefficient (Wildman–Crippen LogP) is 3.99. The lowest BCUT2D eigenvalue weighted by atomic mass is 10.0. The molecule has 0 nitrogen and oxygen atoms in total. The largest absolute Gasteiger partial charge is 0.179 e. The third kappa shape index (κ3) is 3.23. The van der Waals surface area contributed by atoms with Gasteiger partial charge in [0.25, 0.3) is 0 Å². The molecule has 0 radical (unpaired) electrons. The Hall–Kier alpha value is 0.440. The van der Waals surface area contributed by atoms with E-state index in [0.29, 0.717) is 5.92 Å². The third-order valence-electron chi connectivity index (χ3n) is 3.59. The smallest absolute Gasteiger partial charge is 0.00460 e. The molecule has 1 rings (SSSR count). The minimum absolute atomic E-state index is 0.586. The van der Waals surface area contributed by atoms with Gasteiger partial charge in [0.05, 0.1) is 0 Å². The van der Waals surface area contributed by atoms with E-state index in [1.54, 1.807) is 0 Å². The van der Waals surface area contributed by atoms with E-state index in [-0.39, 0.29) is 0 Å². The van der Waals surface area contributed by atoms with Crippen LogP contribution in [0.3, 0.4) is 0 Å². The Morgan fingerprint density at radius 1 is 1.29 bits per heavy atom. The highest BCUT2D eigenvalue weighted by atomic mass is 32.1. The van der Waals surface area contributed by atoms with Crippen molar-refractivity contribution >= 4 is 29.7 Å². The highest BCUT2D eigenvalue weighted by molar-refractivity contribution is 7.80. The van der Waals surface area contributed by atoms with Gasteiger partial charge in [0.1, 0.15) is 0 Å². The first kappa shape index (κ1) is 12.5. The standard InChI is InChI=1S/C12H22S2/c1-8(2)12(14)5-4-10-9(3)11(10)6-7-13/h8-11,13H,4-7H2,1-3H3. The molecule has 82 valence electrons. The molecule has 0 saturated heterocycles. The van der Waals surface area contributed by atoms with E-state index < -0.39 is 0 Å². The Morgan fingerprint density at radius 3 is 2.36 bits per heavy atom. The topological polar surface area (TPSA) is 0 Å². The van der Waals surface area contributed by atoms with E-state index in [1.165, 1.54) is 17.7 Å². The maximum absolute atomic E-state index is 5.35. The third-order valence-corrected chi connectivity index (χ3v) is 4.52. The zero-order chi connectivity index (χ0) is 10.7. The van der Waals surface area contributed by atoms with Gasteiger partial charge < -0.3 is 0 Å². The first-order valence-corrected chi connectivity index (χ1v) is 6.75. The molecule has 1 aliphatic rings. The molecule has 0 bridgehead atoms. The van der Waals surface area contributed by atoms with Gasteiger partial charge in [-0.3, -0.25) is 0 Å². The van der Waals surface area contributed by atoms with Gasteiger partial charge in [-0.2, -0.15) is 12.6 Å². The molecule has 0 spiro atoms. The summed E-state index contributed by atoms with van der Waals surface area (Å²) in [5.74, 6) is 4.45. The highest BCUT2D eigenvalue weighted by Crippen LogP contribution is 2.51. The molecule has 0 amide bonds. The number of thiol groups is 1. The molecule has 3 atom stereocenters. The Bertz CT molecular complexity index is 198. The number of thiocarbonyl (C=S) groups is 1. The molecule has 0 aromatic carbocycles. The molecule has 1 saturated carbocycles. The molecule has 3 unspecified atom stereocenters. The van der Waals surface area contributed by atoms with Crippen molar-refractivity contribution in [3.63, 3.8) is 0 Å². The number of hydrogen-bond acceptors (Lipinski definition) is 2. The van der Waals surface area contributed by atoms with Crippen LogP contribution in [0.4, 0.5) is 0 Å². The van der Waals surface area contributed by atoms with Crippen LogP contribution in [0.25, 0.3) is 0 Å². The van der Waals surface area contributed by atoms with Crippen molar-refractivity contribution in [1.29, 1.82) is 0 Å². The maximum Gasteiger partial charge on any atom is -0.00460 e. The summed E-state index contributed by atoms with van der Waals surface area (Å²) in [6.45, 7) is 6.77. The number of rotatable bonds is 6. The lowest BCUT2D eigenvalue weighted by Crippen LogP contribution is -2.04. The summed E-state index contributed by atoms with van der Waals surface area (Å²) in [6, 6.07) is 0. The fraction of sp³-hybridized carbons (Fsp3) is 0.917. The molecular formula is C12H22S2. The van der Waals surface area contributed by atoms with Crippen molar-refractivity contribution in [3.8, 4) is 0 Å². The monoisotopic (exact) mass is 230 g/mol. The molecule has 0 aliphatic heterocycles. The summed E-state index contributed by atoms with van der Waals surface area (Å²) < 4.78 is 0. The number of hydrogen-bond donors (Lipinski definition) is 1. The average Bonchev–Trinajstić information content (AvgIpc) is 2.73. The van der Waals surface area contributed by atoms with Gasteiger partial charge in [-0.15, -0.1) is 0 Å². The van der Waals surface area contributed by atoms with Crippen LogP contribution < -0.4 is 0 Å². The predicted molar refractivity (Wildman–Crippen MR) is 71.3 cm³/mol. The molecule has 1 fully saturated rings. The lowest BCUT2D eigenvalue weighted by molar-refractivity contribution is 0.643. The molecule has 0 N–H and O–H groups in total. The van der Waals surface area contributed by atoms with Crippen LogP contribution >= 0.6 is 24.8 Å². The molecule has 1 aliphatic carbocycles. The van der Waals surface area contributed by atoms with Gasteiger partial charge in [0.2, 0.25) is 0 Å². The van der Waals surface area contributed by atoms with Gasteiger partial charge in [-0.1, -0.05) is 33.0 Å².